The number of nitrogens with one attached hydrogen (secondary N) is 1. The molecule has 0 aliphatic heterocycles. The summed E-state index contributed by atoms with van der Waals surface area (Å²) in [6.07, 6.45) is 1.75. The van der Waals surface area contributed by atoms with Gasteiger partial charge in [0.15, 0.2) is 5.82 Å². The summed E-state index contributed by atoms with van der Waals surface area (Å²) in [6.45, 7) is 2.06. The molecule has 1 aromatic carbocycles. The minimum Gasteiger partial charge on any atom is -0.296 e. The molecule has 0 saturated carbocycles. The normalized spacial score (nSPS) is 11.0. The van der Waals surface area contributed by atoms with Crippen LogP contribution in [0.25, 0.3) is 4.96 Å². The number of halogens is 1. The van der Waals surface area contributed by atoms with Crippen molar-refractivity contribution in [2.45, 2.75) is 19.8 Å². The number of carbonyl (C=O) groups excluding carboxylic acids is 1. The summed E-state index contributed by atoms with van der Waals surface area (Å²) in [7, 11) is 0. The number of anilines is 1. The monoisotopic (exact) mass is 321 g/mol. The molecule has 3 aromatic rings. The number of nitrogens with zero attached hydrogens (tertiary/aromatic N) is 4. The molecule has 1 amide bonds. The van der Waals surface area contributed by atoms with E-state index in [1.165, 1.54) is 11.3 Å². The van der Waals surface area contributed by atoms with Gasteiger partial charge in [-0.25, -0.2) is 0 Å². The average Bonchev–Trinajstić information content (AvgIpc) is 3.01. The lowest BCUT2D eigenvalue weighted by Gasteiger charge is -2.02. The van der Waals surface area contributed by atoms with Gasteiger partial charge in [0.25, 0.3) is 5.91 Å². The van der Waals surface area contributed by atoms with Crippen molar-refractivity contribution in [3.05, 3.63) is 40.7 Å². The lowest BCUT2D eigenvalue weighted by Crippen LogP contribution is -2.12. The molecule has 0 atom stereocenters. The van der Waals surface area contributed by atoms with Gasteiger partial charge >= 0.3 is 0 Å². The number of hydrogen-bond donors (Lipinski definition) is 1. The summed E-state index contributed by atoms with van der Waals surface area (Å²) in [5, 5.41) is 16.1. The first-order valence-corrected chi connectivity index (χ1v) is 7.65. The van der Waals surface area contributed by atoms with Gasteiger partial charge in [-0.2, -0.15) is 4.52 Å². The van der Waals surface area contributed by atoms with Crippen molar-refractivity contribution >= 4 is 38.9 Å². The zero-order valence-electron chi connectivity index (χ0n) is 11.2. The Balaban J connectivity index is 1.85. The summed E-state index contributed by atoms with van der Waals surface area (Å²) in [4.78, 5) is 12.8. The van der Waals surface area contributed by atoms with E-state index in [0.717, 1.165) is 18.7 Å². The van der Waals surface area contributed by atoms with Gasteiger partial charge < -0.3 is 0 Å². The predicted molar refractivity (Wildman–Crippen MR) is 82.1 cm³/mol. The molecule has 0 fully saturated rings. The molecule has 1 N–H and O–H groups in total. The van der Waals surface area contributed by atoms with Crippen molar-refractivity contribution in [1.82, 2.24) is 19.8 Å². The molecular formula is C13H12ClN5OS. The number of amides is 1. The van der Waals surface area contributed by atoms with E-state index in [0.29, 0.717) is 20.7 Å². The number of aryl methyl sites for hydroxylation is 1. The molecule has 2 heterocycles. The van der Waals surface area contributed by atoms with Crippen molar-refractivity contribution in [2.75, 3.05) is 5.32 Å². The Hall–Kier alpha value is -1.99. The summed E-state index contributed by atoms with van der Waals surface area (Å²) in [5.74, 6) is 0.504. The number of fused-ring (bicyclic) bond motifs is 1. The van der Waals surface area contributed by atoms with Crippen LogP contribution in [0, 0.1) is 0 Å². The number of hydrogen-bond acceptors (Lipinski definition) is 5. The molecule has 0 aliphatic rings. The SMILES string of the molecule is CCCc1nnc2sc(NC(=O)c3ccccc3Cl)nn12. The second-order valence-corrected chi connectivity index (χ2v) is 5.76. The van der Waals surface area contributed by atoms with Gasteiger partial charge in [0.05, 0.1) is 10.6 Å². The van der Waals surface area contributed by atoms with Crippen LogP contribution in [0.2, 0.25) is 5.02 Å². The summed E-state index contributed by atoms with van der Waals surface area (Å²) in [6, 6.07) is 6.88. The van der Waals surface area contributed by atoms with Crippen LogP contribution in [0.1, 0.15) is 29.5 Å². The van der Waals surface area contributed by atoms with E-state index in [1.54, 1.807) is 28.8 Å². The second kappa shape index (κ2) is 5.79. The van der Waals surface area contributed by atoms with Crippen LogP contribution in [-0.2, 0) is 6.42 Å². The zero-order valence-corrected chi connectivity index (χ0v) is 12.8. The fourth-order valence-corrected chi connectivity index (χ4v) is 2.87. The van der Waals surface area contributed by atoms with Crippen molar-refractivity contribution in [3.8, 4) is 0 Å². The molecule has 0 unspecified atom stereocenters. The smallest absolute Gasteiger partial charge is 0.259 e. The second-order valence-electron chi connectivity index (χ2n) is 4.40. The van der Waals surface area contributed by atoms with Crippen LogP contribution in [0.5, 0.6) is 0 Å². The van der Waals surface area contributed by atoms with Crippen LogP contribution in [0.15, 0.2) is 24.3 Å². The Morgan fingerprint density at radius 3 is 2.95 bits per heavy atom. The molecule has 0 aliphatic carbocycles. The maximum Gasteiger partial charge on any atom is 0.259 e. The fraction of sp³-hybridized carbons (Fsp3) is 0.231. The number of carbonyl (C=O) groups is 1. The molecule has 0 saturated heterocycles. The Bertz CT molecular complexity index is 797. The molecule has 8 heteroatoms. The van der Waals surface area contributed by atoms with Gasteiger partial charge in [0.1, 0.15) is 0 Å². The van der Waals surface area contributed by atoms with Gasteiger partial charge in [-0.15, -0.1) is 15.3 Å². The van der Waals surface area contributed by atoms with Gasteiger partial charge in [-0.3, -0.25) is 10.1 Å². The van der Waals surface area contributed by atoms with Crippen LogP contribution in [0.3, 0.4) is 0 Å². The maximum atomic E-state index is 12.2. The molecular weight excluding hydrogens is 310 g/mol. The molecule has 6 nitrogen and oxygen atoms in total. The number of aromatic nitrogens is 4. The van der Waals surface area contributed by atoms with E-state index in [9.17, 15) is 4.79 Å². The largest absolute Gasteiger partial charge is 0.296 e. The molecule has 2 aromatic heterocycles. The van der Waals surface area contributed by atoms with Crippen LogP contribution in [0.4, 0.5) is 5.13 Å². The summed E-state index contributed by atoms with van der Waals surface area (Å²) in [5.41, 5.74) is 0.416. The fourth-order valence-electron chi connectivity index (χ4n) is 1.90. The lowest BCUT2D eigenvalue weighted by atomic mass is 10.2. The highest BCUT2D eigenvalue weighted by atomic mass is 35.5. The Labute approximate surface area is 129 Å². The third-order valence-electron chi connectivity index (χ3n) is 2.87. The highest BCUT2D eigenvalue weighted by Gasteiger charge is 2.15. The molecule has 0 bridgehead atoms. The number of rotatable bonds is 4. The van der Waals surface area contributed by atoms with Crippen LogP contribution < -0.4 is 5.32 Å². The van der Waals surface area contributed by atoms with Gasteiger partial charge in [-0.1, -0.05) is 42.0 Å². The van der Waals surface area contributed by atoms with Crippen molar-refractivity contribution < 1.29 is 4.79 Å². The van der Waals surface area contributed by atoms with Gasteiger partial charge in [0, 0.05) is 6.42 Å². The first-order chi connectivity index (χ1) is 10.2. The topological polar surface area (TPSA) is 72.2 Å². The van der Waals surface area contributed by atoms with E-state index < -0.39 is 0 Å². The Morgan fingerprint density at radius 1 is 1.38 bits per heavy atom. The van der Waals surface area contributed by atoms with Crippen LogP contribution in [-0.4, -0.2) is 25.7 Å². The third-order valence-corrected chi connectivity index (χ3v) is 4.01. The Morgan fingerprint density at radius 2 is 2.19 bits per heavy atom. The number of benzene rings is 1. The van der Waals surface area contributed by atoms with E-state index in [-0.39, 0.29) is 5.91 Å². The van der Waals surface area contributed by atoms with Crippen LogP contribution >= 0.6 is 22.9 Å². The maximum absolute atomic E-state index is 12.2. The standard InChI is InChI=1S/C13H12ClN5OS/c1-2-5-10-16-17-13-19(10)18-12(21-13)15-11(20)8-6-3-4-7-9(8)14/h3-4,6-7H,2,5H2,1H3,(H,15,18,20). The average molecular weight is 322 g/mol. The first kappa shape index (κ1) is 14.0. The lowest BCUT2D eigenvalue weighted by molar-refractivity contribution is 0.102. The summed E-state index contributed by atoms with van der Waals surface area (Å²) >= 11 is 7.28. The minimum atomic E-state index is -0.289. The van der Waals surface area contributed by atoms with E-state index >= 15 is 0 Å². The molecule has 21 heavy (non-hydrogen) atoms. The molecule has 0 radical (unpaired) electrons. The first-order valence-electron chi connectivity index (χ1n) is 6.46. The third kappa shape index (κ3) is 2.74. The minimum absolute atomic E-state index is 0.289. The zero-order chi connectivity index (χ0) is 14.8. The highest BCUT2D eigenvalue weighted by Crippen LogP contribution is 2.21. The van der Waals surface area contributed by atoms with Crippen molar-refractivity contribution in [1.29, 1.82) is 0 Å². The quantitative estimate of drug-likeness (QED) is 0.801. The van der Waals surface area contributed by atoms with Gasteiger partial charge in [0.2, 0.25) is 10.1 Å². The Kier molecular flexibility index (Phi) is 3.85. The summed E-state index contributed by atoms with van der Waals surface area (Å²) < 4.78 is 1.66. The highest BCUT2D eigenvalue weighted by molar-refractivity contribution is 7.20. The molecule has 3 rings (SSSR count). The molecule has 0 spiro atoms. The van der Waals surface area contributed by atoms with Crippen molar-refractivity contribution in [3.63, 3.8) is 0 Å². The van der Waals surface area contributed by atoms with E-state index in [2.05, 4.69) is 27.5 Å². The molecule has 108 valence electrons. The van der Waals surface area contributed by atoms with E-state index in [1.807, 2.05) is 0 Å². The van der Waals surface area contributed by atoms with E-state index in [4.69, 9.17) is 11.6 Å². The predicted octanol–water partition coefficient (Wildman–Crippen LogP) is 3.04. The van der Waals surface area contributed by atoms with Crippen molar-refractivity contribution in [2.24, 2.45) is 0 Å². The van der Waals surface area contributed by atoms with Gasteiger partial charge in [-0.05, 0) is 18.6 Å².